The monoisotopic (exact) mass is 311 g/mol. The molecule has 6 nitrogen and oxygen atoms in total. The second-order valence-corrected chi connectivity index (χ2v) is 5.62. The van der Waals surface area contributed by atoms with Gasteiger partial charge < -0.3 is 9.67 Å². The molecule has 0 fully saturated rings. The molecule has 3 aromatic rings. The average Bonchev–Trinajstić information content (AvgIpc) is 2.91. The van der Waals surface area contributed by atoms with Gasteiger partial charge in [0.05, 0.1) is 12.1 Å². The Kier molecular flexibility index (Phi) is 3.73. The summed E-state index contributed by atoms with van der Waals surface area (Å²) in [6.45, 7) is 4.19. The molecule has 23 heavy (non-hydrogen) atoms. The van der Waals surface area contributed by atoms with E-state index in [0.717, 1.165) is 16.8 Å². The molecule has 0 atom stereocenters. The first-order chi connectivity index (χ1) is 11.0. The minimum absolute atomic E-state index is 0.0891. The predicted molar refractivity (Wildman–Crippen MR) is 86.6 cm³/mol. The van der Waals surface area contributed by atoms with E-state index in [0.29, 0.717) is 5.52 Å². The smallest absolute Gasteiger partial charge is 0.305 e. The van der Waals surface area contributed by atoms with Gasteiger partial charge in [0.1, 0.15) is 5.52 Å². The highest BCUT2D eigenvalue weighted by atomic mass is 16.4. The van der Waals surface area contributed by atoms with E-state index in [9.17, 15) is 9.59 Å². The van der Waals surface area contributed by atoms with Crippen LogP contribution in [0, 0.1) is 13.8 Å². The highest BCUT2D eigenvalue weighted by Crippen LogP contribution is 2.23. The van der Waals surface area contributed by atoms with Gasteiger partial charge in [-0.1, -0.05) is 23.8 Å². The van der Waals surface area contributed by atoms with Crippen LogP contribution in [0.25, 0.3) is 16.8 Å². The summed E-state index contributed by atoms with van der Waals surface area (Å²) in [6.07, 6.45) is 3.15. The minimum atomic E-state index is -0.929. The molecule has 6 heteroatoms. The summed E-state index contributed by atoms with van der Waals surface area (Å²) in [5.74, 6) is -0.929. The molecule has 0 amide bonds. The van der Waals surface area contributed by atoms with E-state index in [-0.39, 0.29) is 18.5 Å². The van der Waals surface area contributed by atoms with Crippen LogP contribution in [-0.4, -0.2) is 25.3 Å². The number of fused-ring (bicyclic) bond motifs is 1. The second kappa shape index (κ2) is 5.72. The third kappa shape index (κ3) is 2.88. The van der Waals surface area contributed by atoms with Gasteiger partial charge in [0.15, 0.2) is 0 Å². The van der Waals surface area contributed by atoms with Gasteiger partial charge in [-0.3, -0.25) is 9.59 Å². The Hall–Kier alpha value is -2.89. The van der Waals surface area contributed by atoms with Gasteiger partial charge in [-0.05, 0) is 25.5 Å². The highest BCUT2D eigenvalue weighted by Gasteiger charge is 2.11. The van der Waals surface area contributed by atoms with Crippen LogP contribution < -0.4 is 5.56 Å². The van der Waals surface area contributed by atoms with E-state index in [1.54, 1.807) is 18.5 Å². The van der Waals surface area contributed by atoms with Crippen LogP contribution >= 0.6 is 0 Å². The quantitative estimate of drug-likeness (QED) is 0.802. The second-order valence-electron chi connectivity index (χ2n) is 5.62. The van der Waals surface area contributed by atoms with Gasteiger partial charge in [0.2, 0.25) is 0 Å². The first kappa shape index (κ1) is 15.0. The van der Waals surface area contributed by atoms with Crippen molar-refractivity contribution < 1.29 is 9.90 Å². The number of carboxylic acids is 1. The molecule has 0 bridgehead atoms. The number of aryl methyl sites for hydroxylation is 3. The molecule has 0 unspecified atom stereocenters. The Morgan fingerprint density at radius 2 is 2.00 bits per heavy atom. The van der Waals surface area contributed by atoms with Crippen LogP contribution in [-0.2, 0) is 11.3 Å². The van der Waals surface area contributed by atoms with Crippen molar-refractivity contribution in [1.82, 2.24) is 14.2 Å². The lowest BCUT2D eigenvalue weighted by Gasteiger charge is -2.03. The molecular weight excluding hydrogens is 294 g/mol. The number of carbonyl (C=O) groups is 1. The largest absolute Gasteiger partial charge is 0.481 e. The molecule has 1 N–H and O–H groups in total. The van der Waals surface area contributed by atoms with E-state index in [1.165, 1.54) is 14.6 Å². The fraction of sp³-hybridized carbons (Fsp3) is 0.235. The SMILES string of the molecule is Cc1ccc(-c2cc3c(=O)n(CCC(=O)O)ccn3n2)c(C)c1. The molecule has 0 radical (unpaired) electrons. The number of nitrogens with zero attached hydrogens (tertiary/aromatic N) is 3. The molecule has 0 aliphatic heterocycles. The summed E-state index contributed by atoms with van der Waals surface area (Å²) in [4.78, 5) is 23.1. The van der Waals surface area contributed by atoms with Crippen LogP contribution in [0.5, 0.6) is 0 Å². The number of hydrogen-bond donors (Lipinski definition) is 1. The summed E-state index contributed by atoms with van der Waals surface area (Å²) >= 11 is 0. The highest BCUT2D eigenvalue weighted by molar-refractivity contribution is 5.69. The molecule has 0 spiro atoms. The molecule has 0 saturated carbocycles. The molecular formula is C17H17N3O3. The van der Waals surface area contributed by atoms with Crippen molar-refractivity contribution in [3.05, 3.63) is 58.1 Å². The number of benzene rings is 1. The summed E-state index contributed by atoms with van der Waals surface area (Å²) in [7, 11) is 0. The molecule has 118 valence electrons. The standard InChI is InChI=1S/C17H17N3O3/c1-11-3-4-13(12(2)9-11)14-10-15-17(23)19(6-5-16(21)22)7-8-20(15)18-14/h3-4,7-10H,5-6H2,1-2H3,(H,21,22). The number of aromatic nitrogens is 3. The van der Waals surface area contributed by atoms with Gasteiger partial charge in [0.25, 0.3) is 5.56 Å². The first-order valence-electron chi connectivity index (χ1n) is 7.34. The van der Waals surface area contributed by atoms with E-state index >= 15 is 0 Å². The first-order valence-corrected chi connectivity index (χ1v) is 7.34. The zero-order chi connectivity index (χ0) is 16.6. The summed E-state index contributed by atoms with van der Waals surface area (Å²) < 4.78 is 2.94. The Balaban J connectivity index is 2.07. The maximum atomic E-state index is 12.4. The number of rotatable bonds is 4. The summed E-state index contributed by atoms with van der Waals surface area (Å²) in [5.41, 5.74) is 4.18. The van der Waals surface area contributed by atoms with Gasteiger partial charge in [-0.2, -0.15) is 5.10 Å². The maximum Gasteiger partial charge on any atom is 0.305 e. The van der Waals surface area contributed by atoms with Crippen molar-refractivity contribution in [3.63, 3.8) is 0 Å². The number of hydrogen-bond acceptors (Lipinski definition) is 3. The Bertz CT molecular complexity index is 953. The zero-order valence-corrected chi connectivity index (χ0v) is 13.0. The van der Waals surface area contributed by atoms with Crippen LogP contribution in [0.4, 0.5) is 0 Å². The topological polar surface area (TPSA) is 76.6 Å². The van der Waals surface area contributed by atoms with E-state index in [2.05, 4.69) is 11.2 Å². The third-order valence-electron chi connectivity index (χ3n) is 3.83. The van der Waals surface area contributed by atoms with Gasteiger partial charge in [0, 0.05) is 24.5 Å². The Labute approximate surface area is 132 Å². The fourth-order valence-electron chi connectivity index (χ4n) is 2.65. The van der Waals surface area contributed by atoms with Crippen molar-refractivity contribution in [2.75, 3.05) is 0 Å². The Morgan fingerprint density at radius 1 is 1.22 bits per heavy atom. The van der Waals surface area contributed by atoms with Crippen LogP contribution in [0.1, 0.15) is 17.5 Å². The van der Waals surface area contributed by atoms with Crippen molar-refractivity contribution in [2.24, 2.45) is 0 Å². The van der Waals surface area contributed by atoms with Crippen LogP contribution in [0.15, 0.2) is 41.5 Å². The van der Waals surface area contributed by atoms with Gasteiger partial charge in [-0.25, -0.2) is 4.52 Å². The summed E-state index contributed by atoms with van der Waals surface area (Å²) in [6, 6.07) is 7.83. The van der Waals surface area contributed by atoms with Crippen molar-refractivity contribution in [3.8, 4) is 11.3 Å². The minimum Gasteiger partial charge on any atom is -0.481 e. The third-order valence-corrected chi connectivity index (χ3v) is 3.83. The fourth-order valence-corrected chi connectivity index (χ4v) is 2.65. The number of aliphatic carboxylic acids is 1. The molecule has 3 rings (SSSR count). The predicted octanol–water partition coefficient (Wildman–Crippen LogP) is 2.25. The summed E-state index contributed by atoms with van der Waals surface area (Å²) in [5, 5.41) is 13.2. The lowest BCUT2D eigenvalue weighted by Crippen LogP contribution is -2.22. The maximum absolute atomic E-state index is 12.4. The van der Waals surface area contributed by atoms with E-state index in [1.807, 2.05) is 26.0 Å². The average molecular weight is 311 g/mol. The number of carboxylic acid groups (broad SMARTS) is 1. The molecule has 2 heterocycles. The Morgan fingerprint density at radius 3 is 2.70 bits per heavy atom. The van der Waals surface area contributed by atoms with Crippen molar-refractivity contribution >= 4 is 11.5 Å². The van der Waals surface area contributed by atoms with Gasteiger partial charge in [-0.15, -0.1) is 0 Å². The molecule has 0 aliphatic rings. The molecule has 0 aliphatic carbocycles. The lowest BCUT2D eigenvalue weighted by atomic mass is 10.0. The zero-order valence-electron chi connectivity index (χ0n) is 13.0. The van der Waals surface area contributed by atoms with Crippen LogP contribution in [0.3, 0.4) is 0 Å². The van der Waals surface area contributed by atoms with Crippen molar-refractivity contribution in [2.45, 2.75) is 26.8 Å². The van der Waals surface area contributed by atoms with Crippen LogP contribution in [0.2, 0.25) is 0 Å². The van der Waals surface area contributed by atoms with E-state index < -0.39 is 5.97 Å². The normalized spacial score (nSPS) is 11.0. The lowest BCUT2D eigenvalue weighted by molar-refractivity contribution is -0.137. The van der Waals surface area contributed by atoms with Crippen molar-refractivity contribution in [1.29, 1.82) is 0 Å². The van der Waals surface area contributed by atoms with E-state index in [4.69, 9.17) is 5.11 Å². The molecule has 1 aromatic carbocycles. The molecule has 0 saturated heterocycles. The van der Waals surface area contributed by atoms with Gasteiger partial charge >= 0.3 is 5.97 Å². The molecule has 2 aromatic heterocycles.